The number of rotatable bonds is 12. The molecule has 1 aromatic rings. The lowest BCUT2D eigenvalue weighted by atomic mass is 9.98. The van der Waals surface area contributed by atoms with Crippen molar-refractivity contribution in [2.75, 3.05) is 35.0 Å². The van der Waals surface area contributed by atoms with Gasteiger partial charge in [-0.05, 0) is 26.2 Å². The summed E-state index contributed by atoms with van der Waals surface area (Å²) in [6, 6.07) is 0. The van der Waals surface area contributed by atoms with Crippen LogP contribution in [0.3, 0.4) is 0 Å². The highest BCUT2D eigenvalue weighted by atomic mass is 16.5. The first-order chi connectivity index (χ1) is 11.7. The third kappa shape index (κ3) is 4.94. The molecule has 0 spiro atoms. The van der Waals surface area contributed by atoms with Crippen LogP contribution in [-0.2, 0) is 6.42 Å². The largest absolute Gasteiger partial charge is 0.492 e. The number of hydrogen-bond donors (Lipinski definition) is 1. The van der Waals surface area contributed by atoms with E-state index in [1.54, 1.807) is 28.4 Å². The van der Waals surface area contributed by atoms with Crippen molar-refractivity contribution in [2.45, 2.75) is 51.9 Å². The first-order valence-electron chi connectivity index (χ1n) is 8.62. The minimum atomic E-state index is 0.293. The van der Waals surface area contributed by atoms with Gasteiger partial charge >= 0.3 is 0 Å². The number of aliphatic hydroxyl groups excluding tert-OH is 1. The van der Waals surface area contributed by atoms with Crippen LogP contribution in [0.1, 0.15) is 49.7 Å². The zero-order valence-corrected chi connectivity index (χ0v) is 15.7. The highest BCUT2D eigenvalue weighted by Crippen LogP contribution is 2.49. The minimum absolute atomic E-state index is 0.293. The van der Waals surface area contributed by atoms with E-state index in [1.807, 2.05) is 6.92 Å². The summed E-state index contributed by atoms with van der Waals surface area (Å²) in [7, 11) is 6.51. The Morgan fingerprint density at radius 1 is 0.625 bits per heavy atom. The van der Waals surface area contributed by atoms with Crippen molar-refractivity contribution in [1.29, 1.82) is 0 Å². The first kappa shape index (κ1) is 20.4. The van der Waals surface area contributed by atoms with Crippen molar-refractivity contribution in [3.63, 3.8) is 0 Å². The lowest BCUT2D eigenvalue weighted by Crippen LogP contribution is -2.05. The van der Waals surface area contributed by atoms with Gasteiger partial charge in [0.25, 0.3) is 0 Å². The van der Waals surface area contributed by atoms with Crippen molar-refractivity contribution in [1.82, 2.24) is 0 Å². The van der Waals surface area contributed by atoms with Crippen LogP contribution in [0, 0.1) is 6.92 Å². The molecular weight excluding hydrogens is 308 g/mol. The smallest absolute Gasteiger partial charge is 0.207 e. The topological polar surface area (TPSA) is 57.2 Å². The maximum Gasteiger partial charge on any atom is 0.207 e. The second-order valence-electron chi connectivity index (χ2n) is 5.83. The van der Waals surface area contributed by atoms with E-state index in [-0.39, 0.29) is 0 Å². The lowest BCUT2D eigenvalue weighted by molar-refractivity contribution is 0.282. The highest BCUT2D eigenvalue weighted by Gasteiger charge is 2.24. The van der Waals surface area contributed by atoms with Crippen molar-refractivity contribution in [3.8, 4) is 23.0 Å². The Bertz CT molecular complexity index is 499. The number of hydrogen-bond acceptors (Lipinski definition) is 5. The predicted molar refractivity (Wildman–Crippen MR) is 95.9 cm³/mol. The Kier molecular flexibility index (Phi) is 9.38. The van der Waals surface area contributed by atoms with E-state index in [0.717, 1.165) is 49.0 Å². The fourth-order valence-electron chi connectivity index (χ4n) is 3.08. The first-order valence-corrected chi connectivity index (χ1v) is 8.62. The third-order valence-electron chi connectivity index (χ3n) is 4.34. The molecule has 0 atom stereocenters. The second kappa shape index (κ2) is 11.0. The lowest BCUT2D eigenvalue weighted by Gasteiger charge is -2.21. The molecule has 0 radical (unpaired) electrons. The van der Waals surface area contributed by atoms with Gasteiger partial charge < -0.3 is 24.1 Å². The van der Waals surface area contributed by atoms with E-state index < -0.39 is 0 Å². The number of methoxy groups -OCH3 is 4. The molecule has 5 nitrogen and oxygen atoms in total. The summed E-state index contributed by atoms with van der Waals surface area (Å²) in [5.74, 6) is 2.59. The molecule has 1 aromatic carbocycles. The normalized spacial score (nSPS) is 10.6. The van der Waals surface area contributed by atoms with Gasteiger partial charge in [0.2, 0.25) is 11.5 Å². The monoisotopic (exact) mass is 340 g/mol. The SMILES string of the molecule is COc1c(C)c(CCCCCCCCO)c(OC)c(OC)c1OC. The summed E-state index contributed by atoms with van der Waals surface area (Å²) in [5.41, 5.74) is 2.15. The molecule has 0 aromatic heterocycles. The molecular formula is C19H32O5. The van der Waals surface area contributed by atoms with E-state index in [9.17, 15) is 0 Å². The summed E-state index contributed by atoms with van der Waals surface area (Å²) >= 11 is 0. The van der Waals surface area contributed by atoms with Crippen molar-refractivity contribution in [2.24, 2.45) is 0 Å². The number of benzene rings is 1. The molecule has 0 bridgehead atoms. The fraction of sp³-hybridized carbons (Fsp3) is 0.684. The Hall–Kier alpha value is -1.62. The van der Waals surface area contributed by atoms with E-state index in [0.29, 0.717) is 23.9 Å². The molecule has 1 N–H and O–H groups in total. The Labute approximate surface area is 145 Å². The molecule has 0 aliphatic carbocycles. The molecule has 0 aliphatic heterocycles. The molecule has 0 fully saturated rings. The summed E-state index contributed by atoms with van der Waals surface area (Å²) in [5, 5.41) is 8.80. The summed E-state index contributed by atoms with van der Waals surface area (Å²) in [6.07, 6.45) is 7.51. The number of ether oxygens (including phenoxy) is 4. The summed E-state index contributed by atoms with van der Waals surface area (Å²) < 4.78 is 22.1. The quantitative estimate of drug-likeness (QED) is 0.585. The van der Waals surface area contributed by atoms with Crippen LogP contribution >= 0.6 is 0 Å². The molecule has 0 saturated carbocycles. The molecule has 0 heterocycles. The Morgan fingerprint density at radius 3 is 1.58 bits per heavy atom. The third-order valence-corrected chi connectivity index (χ3v) is 4.34. The van der Waals surface area contributed by atoms with E-state index in [2.05, 4.69) is 0 Å². The molecule has 0 saturated heterocycles. The van der Waals surface area contributed by atoms with Crippen LogP contribution in [0.25, 0.3) is 0 Å². The van der Waals surface area contributed by atoms with Gasteiger partial charge in [0, 0.05) is 17.7 Å². The maximum atomic E-state index is 8.80. The summed E-state index contributed by atoms with van der Waals surface area (Å²) in [6.45, 7) is 2.32. The summed E-state index contributed by atoms with van der Waals surface area (Å²) in [4.78, 5) is 0. The van der Waals surface area contributed by atoms with E-state index >= 15 is 0 Å². The average molecular weight is 340 g/mol. The van der Waals surface area contributed by atoms with Crippen LogP contribution in [0.4, 0.5) is 0 Å². The molecule has 0 aliphatic rings. The Balaban J connectivity index is 2.89. The molecule has 24 heavy (non-hydrogen) atoms. The van der Waals surface area contributed by atoms with Gasteiger partial charge in [0.1, 0.15) is 0 Å². The van der Waals surface area contributed by atoms with Crippen LogP contribution in [0.2, 0.25) is 0 Å². The number of aliphatic hydroxyl groups is 1. The molecule has 138 valence electrons. The van der Waals surface area contributed by atoms with Crippen LogP contribution < -0.4 is 18.9 Å². The van der Waals surface area contributed by atoms with Crippen LogP contribution in [0.5, 0.6) is 23.0 Å². The van der Waals surface area contributed by atoms with E-state index in [4.69, 9.17) is 24.1 Å². The molecule has 0 unspecified atom stereocenters. The number of unbranched alkanes of at least 4 members (excludes halogenated alkanes) is 5. The zero-order chi connectivity index (χ0) is 17.9. The van der Waals surface area contributed by atoms with E-state index in [1.165, 1.54) is 12.8 Å². The minimum Gasteiger partial charge on any atom is -0.492 e. The van der Waals surface area contributed by atoms with Gasteiger partial charge in [-0.2, -0.15) is 0 Å². The standard InChI is InChI=1S/C19H32O5/c1-14-15(12-10-8-6-7-9-11-13-20)17(22-3)19(24-5)18(23-4)16(14)21-2/h20H,6-13H2,1-5H3. The average Bonchev–Trinajstić information content (AvgIpc) is 2.60. The van der Waals surface area contributed by atoms with Gasteiger partial charge in [-0.1, -0.05) is 25.7 Å². The molecule has 0 amide bonds. The van der Waals surface area contributed by atoms with Gasteiger partial charge in [-0.25, -0.2) is 0 Å². The van der Waals surface area contributed by atoms with Gasteiger partial charge in [0.15, 0.2) is 11.5 Å². The zero-order valence-electron chi connectivity index (χ0n) is 15.7. The maximum absolute atomic E-state index is 8.80. The Morgan fingerprint density at radius 2 is 1.08 bits per heavy atom. The van der Waals surface area contributed by atoms with Gasteiger partial charge in [0.05, 0.1) is 28.4 Å². The highest BCUT2D eigenvalue weighted by molar-refractivity contribution is 5.66. The van der Waals surface area contributed by atoms with Crippen LogP contribution in [-0.4, -0.2) is 40.2 Å². The van der Waals surface area contributed by atoms with Crippen molar-refractivity contribution >= 4 is 0 Å². The van der Waals surface area contributed by atoms with Crippen molar-refractivity contribution in [3.05, 3.63) is 11.1 Å². The van der Waals surface area contributed by atoms with Gasteiger partial charge in [-0.15, -0.1) is 0 Å². The molecule has 5 heteroatoms. The fourth-order valence-corrected chi connectivity index (χ4v) is 3.08. The predicted octanol–water partition coefficient (Wildman–Crippen LogP) is 3.90. The second-order valence-corrected chi connectivity index (χ2v) is 5.83. The van der Waals surface area contributed by atoms with Gasteiger partial charge in [-0.3, -0.25) is 0 Å². The molecule has 1 rings (SSSR count). The van der Waals surface area contributed by atoms with Crippen molar-refractivity contribution < 1.29 is 24.1 Å². The van der Waals surface area contributed by atoms with Crippen LogP contribution in [0.15, 0.2) is 0 Å².